The van der Waals surface area contributed by atoms with Crippen molar-refractivity contribution in [3.63, 3.8) is 0 Å². The van der Waals surface area contributed by atoms with Crippen molar-refractivity contribution in [2.45, 2.75) is 13.0 Å². The highest BCUT2D eigenvalue weighted by molar-refractivity contribution is 7.21. The topological polar surface area (TPSA) is 45.2 Å². The van der Waals surface area contributed by atoms with Crippen molar-refractivity contribution < 1.29 is 9.18 Å². The second-order valence-corrected chi connectivity index (χ2v) is 7.25. The van der Waals surface area contributed by atoms with E-state index >= 15 is 0 Å². The molecule has 1 fully saturated rings. The predicted octanol–water partition coefficient (Wildman–Crippen LogP) is 3.53. The number of pyridine rings is 1. The Hall–Kier alpha value is -2.31. The second kappa shape index (κ2) is 6.54. The van der Waals surface area contributed by atoms with Gasteiger partial charge in [0.25, 0.3) is 5.91 Å². The van der Waals surface area contributed by atoms with Crippen LogP contribution in [-0.4, -0.2) is 35.4 Å². The fraction of sp³-hybridized carbons (Fsp3) is 0.263. The van der Waals surface area contributed by atoms with Crippen molar-refractivity contribution in [1.82, 2.24) is 15.2 Å². The van der Waals surface area contributed by atoms with E-state index in [1.807, 2.05) is 30.2 Å². The number of halogens is 1. The van der Waals surface area contributed by atoms with E-state index in [0.717, 1.165) is 27.8 Å². The van der Waals surface area contributed by atoms with Gasteiger partial charge in [0.15, 0.2) is 0 Å². The molecule has 1 unspecified atom stereocenters. The number of rotatable bonds is 2. The van der Waals surface area contributed by atoms with Gasteiger partial charge in [0, 0.05) is 36.7 Å². The molecule has 0 saturated carbocycles. The van der Waals surface area contributed by atoms with Crippen LogP contribution in [0.15, 0.2) is 42.7 Å². The number of carbonyl (C=O) groups excluding carboxylic acids is 1. The number of aryl methyl sites for hydroxylation is 1. The Bertz CT molecular complexity index is 925. The van der Waals surface area contributed by atoms with Crippen molar-refractivity contribution in [1.29, 1.82) is 0 Å². The first-order valence-electron chi connectivity index (χ1n) is 8.25. The molecule has 1 atom stereocenters. The van der Waals surface area contributed by atoms with Crippen LogP contribution < -0.4 is 5.32 Å². The lowest BCUT2D eigenvalue weighted by molar-refractivity contribution is 0.0638. The van der Waals surface area contributed by atoms with E-state index in [-0.39, 0.29) is 17.8 Å². The maximum absolute atomic E-state index is 13.6. The Kier molecular flexibility index (Phi) is 4.23. The fourth-order valence-corrected chi connectivity index (χ4v) is 4.49. The van der Waals surface area contributed by atoms with Gasteiger partial charge in [0.05, 0.1) is 10.9 Å². The number of piperazine rings is 1. The number of nitrogens with one attached hydrogen (secondary N) is 1. The normalized spacial score (nSPS) is 17.8. The van der Waals surface area contributed by atoms with Gasteiger partial charge in [0.1, 0.15) is 5.82 Å². The van der Waals surface area contributed by atoms with E-state index in [2.05, 4.69) is 10.3 Å². The van der Waals surface area contributed by atoms with E-state index < -0.39 is 0 Å². The lowest BCUT2D eigenvalue weighted by Crippen LogP contribution is -2.48. The van der Waals surface area contributed by atoms with Gasteiger partial charge in [0.2, 0.25) is 0 Å². The lowest BCUT2D eigenvalue weighted by Gasteiger charge is -2.36. The van der Waals surface area contributed by atoms with E-state index in [1.165, 1.54) is 23.5 Å². The molecule has 3 aromatic rings. The zero-order valence-corrected chi connectivity index (χ0v) is 14.6. The second-order valence-electron chi connectivity index (χ2n) is 6.20. The number of benzene rings is 1. The first-order chi connectivity index (χ1) is 12.1. The van der Waals surface area contributed by atoms with Gasteiger partial charge < -0.3 is 10.2 Å². The Balaban J connectivity index is 1.72. The maximum atomic E-state index is 13.6. The summed E-state index contributed by atoms with van der Waals surface area (Å²) in [6, 6.07) is 8.54. The number of aromatic nitrogens is 1. The van der Waals surface area contributed by atoms with Gasteiger partial charge in [-0.1, -0.05) is 6.07 Å². The zero-order chi connectivity index (χ0) is 17.4. The molecule has 1 N–H and O–H groups in total. The Morgan fingerprint density at radius 1 is 1.40 bits per heavy atom. The highest BCUT2D eigenvalue weighted by Crippen LogP contribution is 2.34. The number of thiophene rings is 1. The molecule has 3 heterocycles. The molecule has 1 saturated heterocycles. The summed E-state index contributed by atoms with van der Waals surface area (Å²) in [5, 5.41) is 4.17. The van der Waals surface area contributed by atoms with Crippen LogP contribution in [0.5, 0.6) is 0 Å². The van der Waals surface area contributed by atoms with Crippen LogP contribution in [0.4, 0.5) is 4.39 Å². The largest absolute Gasteiger partial charge is 0.328 e. The smallest absolute Gasteiger partial charge is 0.264 e. The van der Waals surface area contributed by atoms with Crippen LogP contribution in [0.25, 0.3) is 10.1 Å². The third-order valence-electron chi connectivity index (χ3n) is 4.67. The minimum absolute atomic E-state index is 0.00876. The van der Waals surface area contributed by atoms with Crippen LogP contribution in [0.1, 0.15) is 26.8 Å². The fourth-order valence-electron chi connectivity index (χ4n) is 3.35. The van der Waals surface area contributed by atoms with Crippen LogP contribution in [0.3, 0.4) is 0 Å². The van der Waals surface area contributed by atoms with Crippen molar-refractivity contribution in [3.8, 4) is 0 Å². The standard InChI is InChI=1S/C19H18FN3OS/c1-12-15-9-14(20)4-5-17(15)25-18(12)19(24)23-8-7-22-11-16(23)13-3-2-6-21-10-13/h2-6,9-10,16,22H,7-8,11H2,1H3. The molecule has 4 nitrogen and oxygen atoms in total. The molecule has 0 spiro atoms. The summed E-state index contributed by atoms with van der Waals surface area (Å²) in [6.07, 6.45) is 3.54. The average Bonchev–Trinajstić information content (AvgIpc) is 2.98. The minimum Gasteiger partial charge on any atom is -0.328 e. The Morgan fingerprint density at radius 3 is 3.08 bits per heavy atom. The van der Waals surface area contributed by atoms with Gasteiger partial charge in [-0.15, -0.1) is 11.3 Å². The minimum atomic E-state index is -0.275. The molecular weight excluding hydrogens is 337 g/mol. The average molecular weight is 355 g/mol. The highest BCUT2D eigenvalue weighted by Gasteiger charge is 2.30. The molecule has 6 heteroatoms. The third-order valence-corrected chi connectivity index (χ3v) is 5.93. The molecule has 0 bridgehead atoms. The van der Waals surface area contributed by atoms with Crippen molar-refractivity contribution in [2.75, 3.05) is 19.6 Å². The summed E-state index contributed by atoms with van der Waals surface area (Å²) in [5.74, 6) is -0.266. The predicted molar refractivity (Wildman–Crippen MR) is 97.4 cm³/mol. The molecule has 1 aliphatic rings. The molecule has 0 radical (unpaired) electrons. The molecule has 1 aliphatic heterocycles. The monoisotopic (exact) mass is 355 g/mol. The lowest BCUT2D eigenvalue weighted by atomic mass is 10.0. The zero-order valence-electron chi connectivity index (χ0n) is 13.8. The van der Waals surface area contributed by atoms with E-state index in [9.17, 15) is 9.18 Å². The van der Waals surface area contributed by atoms with Crippen LogP contribution >= 0.6 is 11.3 Å². The van der Waals surface area contributed by atoms with Gasteiger partial charge in [-0.3, -0.25) is 9.78 Å². The first-order valence-corrected chi connectivity index (χ1v) is 9.07. The summed E-state index contributed by atoms with van der Waals surface area (Å²) >= 11 is 1.44. The molecule has 4 rings (SSSR count). The quantitative estimate of drug-likeness (QED) is 0.765. The van der Waals surface area contributed by atoms with Crippen molar-refractivity contribution in [3.05, 3.63) is 64.5 Å². The summed E-state index contributed by atoms with van der Waals surface area (Å²) < 4.78 is 14.5. The summed E-state index contributed by atoms with van der Waals surface area (Å²) in [5.41, 5.74) is 1.88. The SMILES string of the molecule is Cc1c(C(=O)N2CCNCC2c2cccnc2)sc2ccc(F)cc12. The van der Waals surface area contributed by atoms with Gasteiger partial charge in [-0.05, 0) is 47.7 Å². The summed E-state index contributed by atoms with van der Waals surface area (Å²) in [4.78, 5) is 20.0. The molecule has 1 amide bonds. The molecule has 25 heavy (non-hydrogen) atoms. The third kappa shape index (κ3) is 2.92. The Morgan fingerprint density at radius 2 is 2.28 bits per heavy atom. The molecule has 0 aliphatic carbocycles. The summed E-state index contributed by atoms with van der Waals surface area (Å²) in [6.45, 7) is 4.00. The van der Waals surface area contributed by atoms with Crippen molar-refractivity contribution in [2.24, 2.45) is 0 Å². The van der Waals surface area contributed by atoms with E-state index in [0.29, 0.717) is 18.0 Å². The number of hydrogen-bond acceptors (Lipinski definition) is 4. The van der Waals surface area contributed by atoms with Gasteiger partial charge in [-0.2, -0.15) is 0 Å². The van der Waals surface area contributed by atoms with Gasteiger partial charge >= 0.3 is 0 Å². The Labute approximate surface area is 149 Å². The number of fused-ring (bicyclic) bond motifs is 1. The van der Waals surface area contributed by atoms with Crippen LogP contribution in [-0.2, 0) is 0 Å². The number of hydrogen-bond donors (Lipinski definition) is 1. The summed E-state index contributed by atoms with van der Waals surface area (Å²) in [7, 11) is 0. The van der Waals surface area contributed by atoms with E-state index in [4.69, 9.17) is 0 Å². The molecule has 1 aromatic carbocycles. The number of nitrogens with zero attached hydrogens (tertiary/aromatic N) is 2. The number of carbonyl (C=O) groups is 1. The number of amides is 1. The molecular formula is C19H18FN3OS. The first kappa shape index (κ1) is 16.2. The van der Waals surface area contributed by atoms with Crippen LogP contribution in [0.2, 0.25) is 0 Å². The molecule has 2 aromatic heterocycles. The maximum Gasteiger partial charge on any atom is 0.264 e. The highest BCUT2D eigenvalue weighted by atomic mass is 32.1. The van der Waals surface area contributed by atoms with E-state index in [1.54, 1.807) is 12.3 Å². The van der Waals surface area contributed by atoms with Crippen LogP contribution in [0, 0.1) is 12.7 Å². The van der Waals surface area contributed by atoms with Gasteiger partial charge in [-0.25, -0.2) is 4.39 Å². The molecule has 128 valence electrons. The van der Waals surface area contributed by atoms with Crippen molar-refractivity contribution >= 4 is 27.3 Å².